The second-order valence-electron chi connectivity index (χ2n) is 5.67. The third-order valence-electron chi connectivity index (χ3n) is 3.95. The molecule has 1 aliphatic heterocycles. The van der Waals surface area contributed by atoms with E-state index in [0.29, 0.717) is 12.5 Å². The molecule has 0 aromatic rings. The highest BCUT2D eigenvalue weighted by Gasteiger charge is 2.31. The summed E-state index contributed by atoms with van der Waals surface area (Å²) in [5.41, 5.74) is -0.803. The summed E-state index contributed by atoms with van der Waals surface area (Å²) in [6.07, 6.45) is 3.57. The number of carboxylic acid groups (broad SMARTS) is 1. The number of rotatable bonds is 9. The standard InChI is InChI=1S/C14H28N2O3/c1-4-8-15-14(2,13(17)18)7-5-9-16(3)12-6-10-19-11-12/h12,15H,4-11H2,1-3H3,(H,17,18). The van der Waals surface area contributed by atoms with Gasteiger partial charge in [0.05, 0.1) is 6.61 Å². The van der Waals surface area contributed by atoms with Gasteiger partial charge in [0, 0.05) is 12.6 Å². The summed E-state index contributed by atoms with van der Waals surface area (Å²) in [6.45, 7) is 7.15. The van der Waals surface area contributed by atoms with E-state index in [4.69, 9.17) is 4.74 Å². The van der Waals surface area contributed by atoms with Gasteiger partial charge in [0.2, 0.25) is 0 Å². The number of hydrogen-bond acceptors (Lipinski definition) is 4. The van der Waals surface area contributed by atoms with Crippen LogP contribution < -0.4 is 5.32 Å². The maximum absolute atomic E-state index is 11.4. The molecule has 0 amide bonds. The van der Waals surface area contributed by atoms with E-state index in [-0.39, 0.29) is 0 Å². The Hall–Kier alpha value is -0.650. The van der Waals surface area contributed by atoms with Crippen molar-refractivity contribution in [3.63, 3.8) is 0 Å². The van der Waals surface area contributed by atoms with Crippen LogP contribution in [0.4, 0.5) is 0 Å². The molecule has 5 heteroatoms. The summed E-state index contributed by atoms with van der Waals surface area (Å²) in [4.78, 5) is 13.6. The minimum absolute atomic E-state index is 0.500. The lowest BCUT2D eigenvalue weighted by Crippen LogP contribution is -2.50. The number of carboxylic acids is 1. The van der Waals surface area contributed by atoms with Crippen LogP contribution in [0, 0.1) is 0 Å². The molecule has 0 bridgehead atoms. The molecule has 2 atom stereocenters. The van der Waals surface area contributed by atoms with E-state index >= 15 is 0 Å². The first-order chi connectivity index (χ1) is 8.99. The summed E-state index contributed by atoms with van der Waals surface area (Å²) in [5.74, 6) is -0.757. The molecule has 1 aliphatic rings. The lowest BCUT2D eigenvalue weighted by atomic mass is 9.95. The highest BCUT2D eigenvalue weighted by molar-refractivity contribution is 5.78. The van der Waals surface area contributed by atoms with Gasteiger partial charge in [-0.25, -0.2) is 0 Å². The number of likely N-dealkylation sites (N-methyl/N-ethyl adjacent to an activating group) is 1. The number of ether oxygens (including phenoxy) is 1. The zero-order valence-electron chi connectivity index (χ0n) is 12.4. The summed E-state index contributed by atoms with van der Waals surface area (Å²) in [5, 5.41) is 12.5. The third kappa shape index (κ3) is 5.09. The van der Waals surface area contributed by atoms with Crippen molar-refractivity contribution in [1.29, 1.82) is 0 Å². The fraction of sp³-hybridized carbons (Fsp3) is 0.929. The van der Waals surface area contributed by atoms with Crippen molar-refractivity contribution in [2.75, 3.05) is 33.4 Å². The van der Waals surface area contributed by atoms with E-state index < -0.39 is 11.5 Å². The van der Waals surface area contributed by atoms with Crippen LogP contribution in [-0.4, -0.2) is 60.9 Å². The molecule has 0 aromatic heterocycles. The first kappa shape index (κ1) is 16.4. The minimum atomic E-state index is -0.803. The maximum Gasteiger partial charge on any atom is 0.323 e. The smallest absolute Gasteiger partial charge is 0.323 e. The Morgan fingerprint density at radius 2 is 2.32 bits per heavy atom. The molecule has 0 aliphatic carbocycles. The molecule has 5 nitrogen and oxygen atoms in total. The molecule has 1 fully saturated rings. The number of carbonyl (C=O) groups is 1. The van der Waals surface area contributed by atoms with Crippen LogP contribution in [0.3, 0.4) is 0 Å². The topological polar surface area (TPSA) is 61.8 Å². The van der Waals surface area contributed by atoms with Gasteiger partial charge in [0.1, 0.15) is 5.54 Å². The van der Waals surface area contributed by atoms with Gasteiger partial charge in [-0.2, -0.15) is 0 Å². The average Bonchev–Trinajstić information content (AvgIpc) is 2.90. The highest BCUT2D eigenvalue weighted by atomic mass is 16.5. The van der Waals surface area contributed by atoms with Gasteiger partial charge in [-0.05, 0) is 52.7 Å². The zero-order valence-corrected chi connectivity index (χ0v) is 12.4. The van der Waals surface area contributed by atoms with Gasteiger partial charge in [-0.1, -0.05) is 6.92 Å². The summed E-state index contributed by atoms with van der Waals surface area (Å²) in [7, 11) is 2.09. The Morgan fingerprint density at radius 3 is 2.84 bits per heavy atom. The van der Waals surface area contributed by atoms with Gasteiger partial charge in [0.25, 0.3) is 0 Å². The fourth-order valence-electron chi connectivity index (χ4n) is 2.41. The number of nitrogens with zero attached hydrogens (tertiary/aromatic N) is 1. The van der Waals surface area contributed by atoms with Gasteiger partial charge < -0.3 is 20.1 Å². The number of nitrogens with one attached hydrogen (secondary N) is 1. The van der Waals surface area contributed by atoms with Crippen LogP contribution >= 0.6 is 0 Å². The van der Waals surface area contributed by atoms with E-state index in [1.54, 1.807) is 6.92 Å². The second-order valence-corrected chi connectivity index (χ2v) is 5.67. The molecule has 112 valence electrons. The van der Waals surface area contributed by atoms with E-state index in [9.17, 15) is 9.90 Å². The predicted octanol–water partition coefficient (Wildman–Crippen LogP) is 1.33. The molecule has 1 saturated heterocycles. The Balaban J connectivity index is 2.32. The third-order valence-corrected chi connectivity index (χ3v) is 3.95. The van der Waals surface area contributed by atoms with Gasteiger partial charge in [0.15, 0.2) is 0 Å². The number of aliphatic carboxylic acids is 1. The van der Waals surface area contributed by atoms with Crippen LogP contribution in [0.2, 0.25) is 0 Å². The van der Waals surface area contributed by atoms with Gasteiger partial charge in [-0.15, -0.1) is 0 Å². The average molecular weight is 272 g/mol. The second kappa shape index (κ2) is 7.82. The van der Waals surface area contributed by atoms with Crippen LogP contribution in [0.15, 0.2) is 0 Å². The highest BCUT2D eigenvalue weighted by Crippen LogP contribution is 2.16. The summed E-state index contributed by atoms with van der Waals surface area (Å²) >= 11 is 0. The van der Waals surface area contributed by atoms with Gasteiger partial charge in [-0.3, -0.25) is 4.79 Å². The molecule has 19 heavy (non-hydrogen) atoms. The van der Waals surface area contributed by atoms with Crippen LogP contribution in [0.5, 0.6) is 0 Å². The molecular weight excluding hydrogens is 244 g/mol. The molecular formula is C14H28N2O3. The molecule has 0 radical (unpaired) electrons. The largest absolute Gasteiger partial charge is 0.480 e. The normalized spacial score (nSPS) is 22.6. The van der Waals surface area contributed by atoms with Crippen molar-refractivity contribution in [2.45, 2.75) is 51.1 Å². The molecule has 1 heterocycles. The molecule has 0 aromatic carbocycles. The van der Waals surface area contributed by atoms with Gasteiger partial charge >= 0.3 is 5.97 Å². The Bertz CT molecular complexity index is 280. The molecule has 0 saturated carbocycles. The predicted molar refractivity (Wildman–Crippen MR) is 75.4 cm³/mol. The Labute approximate surface area is 116 Å². The maximum atomic E-state index is 11.4. The SMILES string of the molecule is CCCNC(C)(CCCN(C)C1CCOC1)C(=O)O. The molecule has 1 rings (SSSR count). The summed E-state index contributed by atoms with van der Waals surface area (Å²) < 4.78 is 5.37. The van der Waals surface area contributed by atoms with Crippen molar-refractivity contribution in [3.05, 3.63) is 0 Å². The monoisotopic (exact) mass is 272 g/mol. The van der Waals surface area contributed by atoms with Crippen molar-refractivity contribution < 1.29 is 14.6 Å². The zero-order chi connectivity index (χ0) is 14.3. The summed E-state index contributed by atoms with van der Waals surface area (Å²) in [6, 6.07) is 0.500. The first-order valence-corrected chi connectivity index (χ1v) is 7.26. The van der Waals surface area contributed by atoms with Crippen molar-refractivity contribution in [1.82, 2.24) is 10.2 Å². The lowest BCUT2D eigenvalue weighted by Gasteiger charge is -2.28. The van der Waals surface area contributed by atoms with Crippen molar-refractivity contribution in [2.24, 2.45) is 0 Å². The lowest BCUT2D eigenvalue weighted by molar-refractivity contribution is -0.144. The molecule has 2 unspecified atom stereocenters. The van der Waals surface area contributed by atoms with E-state index in [2.05, 4.69) is 17.3 Å². The van der Waals surface area contributed by atoms with E-state index in [1.165, 1.54) is 0 Å². The fourth-order valence-corrected chi connectivity index (χ4v) is 2.41. The first-order valence-electron chi connectivity index (χ1n) is 7.26. The Morgan fingerprint density at radius 1 is 1.58 bits per heavy atom. The van der Waals surface area contributed by atoms with E-state index in [1.807, 2.05) is 6.92 Å². The van der Waals surface area contributed by atoms with Crippen molar-refractivity contribution >= 4 is 5.97 Å². The minimum Gasteiger partial charge on any atom is -0.480 e. The van der Waals surface area contributed by atoms with Crippen LogP contribution in [0.1, 0.15) is 39.5 Å². The van der Waals surface area contributed by atoms with Crippen LogP contribution in [-0.2, 0) is 9.53 Å². The quantitative estimate of drug-likeness (QED) is 0.663. The number of hydrogen-bond donors (Lipinski definition) is 2. The van der Waals surface area contributed by atoms with E-state index in [0.717, 1.165) is 45.6 Å². The van der Waals surface area contributed by atoms with Crippen LogP contribution in [0.25, 0.3) is 0 Å². The van der Waals surface area contributed by atoms with Crippen molar-refractivity contribution in [3.8, 4) is 0 Å². The Kier molecular flexibility index (Phi) is 6.75. The molecule has 2 N–H and O–H groups in total. The molecule has 0 spiro atoms.